The summed E-state index contributed by atoms with van der Waals surface area (Å²) in [6.07, 6.45) is 0.494. The summed E-state index contributed by atoms with van der Waals surface area (Å²) in [6.45, 7) is 7.32. The summed E-state index contributed by atoms with van der Waals surface area (Å²) >= 11 is 3.40. The zero-order valence-electron chi connectivity index (χ0n) is 18.4. The van der Waals surface area contributed by atoms with Gasteiger partial charge in [0.25, 0.3) is 5.56 Å². The molecule has 1 heterocycles. The fourth-order valence-corrected chi connectivity index (χ4v) is 3.33. The van der Waals surface area contributed by atoms with E-state index in [2.05, 4.69) is 26.0 Å². The van der Waals surface area contributed by atoms with Crippen LogP contribution in [0.1, 0.15) is 39.1 Å². The number of carbonyl (C=O) groups is 1. The highest BCUT2D eigenvalue weighted by Gasteiger charge is 2.23. The summed E-state index contributed by atoms with van der Waals surface area (Å²) in [5.41, 5.74) is 0.531. The lowest BCUT2D eigenvalue weighted by atomic mass is 9.95. The predicted molar refractivity (Wildman–Crippen MR) is 126 cm³/mol. The van der Waals surface area contributed by atoms with Gasteiger partial charge in [-0.2, -0.15) is 9.78 Å². The van der Waals surface area contributed by atoms with Gasteiger partial charge < -0.3 is 14.6 Å². The van der Waals surface area contributed by atoms with Crippen LogP contribution >= 0.6 is 15.9 Å². The molecule has 0 saturated heterocycles. The molecule has 0 radical (unpaired) electrons. The van der Waals surface area contributed by atoms with Crippen molar-refractivity contribution in [1.82, 2.24) is 9.66 Å². The highest BCUT2D eigenvalue weighted by molar-refractivity contribution is 9.10. The molecule has 1 aromatic heterocycles. The summed E-state index contributed by atoms with van der Waals surface area (Å²) in [6, 6.07) is 10.3. The van der Waals surface area contributed by atoms with Gasteiger partial charge in [0, 0.05) is 9.89 Å². The highest BCUT2D eigenvalue weighted by Crippen LogP contribution is 2.29. The third-order valence-corrected chi connectivity index (χ3v) is 5.13. The van der Waals surface area contributed by atoms with Gasteiger partial charge in [-0.25, -0.2) is 9.78 Å². The molecule has 168 valence electrons. The maximum atomic E-state index is 13.2. The topological polar surface area (TPSA) is 103 Å². The summed E-state index contributed by atoms with van der Waals surface area (Å²) in [5, 5.41) is 13.9. The van der Waals surface area contributed by atoms with E-state index in [0.717, 1.165) is 4.47 Å². The smallest absolute Gasteiger partial charge is 0.344 e. The molecule has 0 saturated carbocycles. The van der Waals surface area contributed by atoms with E-state index in [1.54, 1.807) is 30.3 Å². The van der Waals surface area contributed by atoms with Crippen molar-refractivity contribution in [2.75, 3.05) is 7.11 Å². The van der Waals surface area contributed by atoms with Crippen molar-refractivity contribution >= 4 is 39.0 Å². The molecule has 0 fully saturated rings. The van der Waals surface area contributed by atoms with Crippen molar-refractivity contribution in [2.24, 2.45) is 5.10 Å². The standard InChI is InChI=1S/C23H24BrN3O5/c1-13(21(29)30)32-18-9-6-14(10-19(18)31-5)12-25-27-20(28)16-11-15(24)7-8-17(16)26-22(27)23(2,3)4/h6-13H,1-5H3,(H,29,30)/t13-/m0/s1. The first-order valence-electron chi connectivity index (χ1n) is 9.86. The van der Waals surface area contributed by atoms with E-state index < -0.39 is 17.5 Å². The molecular weight excluding hydrogens is 478 g/mol. The molecule has 32 heavy (non-hydrogen) atoms. The average Bonchev–Trinajstić information content (AvgIpc) is 2.73. The van der Waals surface area contributed by atoms with E-state index in [-0.39, 0.29) is 5.56 Å². The molecule has 3 aromatic rings. The Morgan fingerprint density at radius 2 is 1.94 bits per heavy atom. The van der Waals surface area contributed by atoms with Crippen LogP contribution in [0.3, 0.4) is 0 Å². The van der Waals surface area contributed by atoms with E-state index in [9.17, 15) is 9.59 Å². The Morgan fingerprint density at radius 1 is 1.22 bits per heavy atom. The molecule has 2 aromatic carbocycles. The number of benzene rings is 2. The van der Waals surface area contributed by atoms with E-state index in [4.69, 9.17) is 14.6 Å². The van der Waals surface area contributed by atoms with Gasteiger partial charge in [-0.1, -0.05) is 36.7 Å². The molecule has 3 rings (SSSR count). The maximum absolute atomic E-state index is 13.2. The Balaban J connectivity index is 2.07. The van der Waals surface area contributed by atoms with Crippen LogP contribution in [-0.4, -0.2) is 40.2 Å². The van der Waals surface area contributed by atoms with E-state index in [1.165, 1.54) is 24.9 Å². The monoisotopic (exact) mass is 501 g/mol. The summed E-state index contributed by atoms with van der Waals surface area (Å²) in [5.74, 6) is 0.0910. The molecule has 0 aliphatic carbocycles. The second kappa shape index (κ2) is 9.12. The first-order chi connectivity index (χ1) is 15.0. The van der Waals surface area contributed by atoms with Gasteiger partial charge in [0.2, 0.25) is 0 Å². The minimum absolute atomic E-state index is 0.278. The third kappa shape index (κ3) is 4.99. The minimum atomic E-state index is -1.08. The van der Waals surface area contributed by atoms with Gasteiger partial charge in [-0.05, 0) is 48.9 Å². The molecule has 1 N–H and O–H groups in total. The van der Waals surface area contributed by atoms with Crippen LogP contribution in [0.25, 0.3) is 10.9 Å². The molecule has 0 amide bonds. The quantitative estimate of drug-likeness (QED) is 0.507. The summed E-state index contributed by atoms with van der Waals surface area (Å²) in [4.78, 5) is 29.0. The number of halogens is 1. The van der Waals surface area contributed by atoms with Gasteiger partial charge in [0.15, 0.2) is 17.6 Å². The zero-order chi connectivity index (χ0) is 23.6. The highest BCUT2D eigenvalue weighted by atomic mass is 79.9. The molecule has 9 heteroatoms. The van der Waals surface area contributed by atoms with Crippen LogP contribution in [0.2, 0.25) is 0 Å². The number of hydrogen-bond acceptors (Lipinski definition) is 6. The first-order valence-corrected chi connectivity index (χ1v) is 10.6. The van der Waals surface area contributed by atoms with E-state index >= 15 is 0 Å². The lowest BCUT2D eigenvalue weighted by Crippen LogP contribution is -2.29. The van der Waals surface area contributed by atoms with Crippen LogP contribution in [0.4, 0.5) is 0 Å². The summed E-state index contributed by atoms with van der Waals surface area (Å²) in [7, 11) is 1.46. The Morgan fingerprint density at radius 3 is 2.56 bits per heavy atom. The Hall–Kier alpha value is -3.20. The van der Waals surface area contributed by atoms with Crippen molar-refractivity contribution in [3.05, 3.63) is 62.6 Å². The fraction of sp³-hybridized carbons (Fsp3) is 0.304. The van der Waals surface area contributed by atoms with Crippen molar-refractivity contribution in [3.63, 3.8) is 0 Å². The van der Waals surface area contributed by atoms with Crippen LogP contribution in [0.15, 0.2) is 50.8 Å². The minimum Gasteiger partial charge on any atom is -0.493 e. The normalized spacial score (nSPS) is 12.8. The third-order valence-electron chi connectivity index (χ3n) is 4.64. The number of hydrogen-bond donors (Lipinski definition) is 1. The van der Waals surface area contributed by atoms with Gasteiger partial charge >= 0.3 is 5.97 Å². The lowest BCUT2D eigenvalue weighted by Gasteiger charge is -2.21. The Kier molecular flexibility index (Phi) is 6.68. The number of aliphatic carboxylic acids is 1. The number of rotatable bonds is 6. The Bertz CT molecular complexity index is 1260. The van der Waals surface area contributed by atoms with Gasteiger partial charge in [-0.3, -0.25) is 4.79 Å². The number of fused-ring (bicyclic) bond motifs is 1. The second-order valence-electron chi connectivity index (χ2n) is 8.22. The van der Waals surface area contributed by atoms with Gasteiger partial charge in [0.05, 0.1) is 24.2 Å². The molecule has 0 unspecified atom stereocenters. The number of nitrogens with zero attached hydrogens (tertiary/aromatic N) is 3. The molecule has 0 bridgehead atoms. The molecular formula is C23H24BrN3O5. The zero-order valence-corrected chi connectivity index (χ0v) is 20.0. The van der Waals surface area contributed by atoms with Crippen LogP contribution in [0, 0.1) is 0 Å². The molecule has 1 atom stereocenters. The number of carboxylic acid groups (broad SMARTS) is 1. The first kappa shape index (κ1) is 23.5. The fourth-order valence-electron chi connectivity index (χ4n) is 2.97. The van der Waals surface area contributed by atoms with Crippen molar-refractivity contribution in [1.29, 1.82) is 0 Å². The van der Waals surface area contributed by atoms with Crippen molar-refractivity contribution in [2.45, 2.75) is 39.2 Å². The Labute approximate surface area is 193 Å². The number of carboxylic acids is 1. The molecule has 0 spiro atoms. The van der Waals surface area contributed by atoms with E-state index in [0.29, 0.717) is 33.8 Å². The van der Waals surface area contributed by atoms with Crippen molar-refractivity contribution in [3.8, 4) is 11.5 Å². The lowest BCUT2D eigenvalue weighted by molar-refractivity contribution is -0.144. The molecule has 0 aliphatic heterocycles. The summed E-state index contributed by atoms with van der Waals surface area (Å²) < 4.78 is 12.8. The van der Waals surface area contributed by atoms with Crippen LogP contribution in [0.5, 0.6) is 11.5 Å². The molecule has 0 aliphatic rings. The maximum Gasteiger partial charge on any atom is 0.344 e. The van der Waals surface area contributed by atoms with Gasteiger partial charge in [-0.15, -0.1) is 0 Å². The van der Waals surface area contributed by atoms with Crippen LogP contribution < -0.4 is 15.0 Å². The predicted octanol–water partition coefficient (Wildman–Crippen LogP) is 4.20. The second-order valence-corrected chi connectivity index (χ2v) is 9.13. The van der Waals surface area contributed by atoms with Crippen molar-refractivity contribution < 1.29 is 19.4 Å². The average molecular weight is 502 g/mol. The number of methoxy groups -OCH3 is 1. The number of aromatic nitrogens is 2. The van der Waals surface area contributed by atoms with Gasteiger partial charge in [0.1, 0.15) is 5.82 Å². The number of ether oxygens (including phenoxy) is 2. The SMILES string of the molecule is COc1cc(C=Nn2c(C(C)(C)C)nc3ccc(Br)cc3c2=O)ccc1O[C@@H](C)C(=O)O. The largest absolute Gasteiger partial charge is 0.493 e. The van der Waals surface area contributed by atoms with E-state index in [1.807, 2.05) is 26.8 Å². The molecule has 8 nitrogen and oxygen atoms in total. The van der Waals surface area contributed by atoms with Crippen LogP contribution in [-0.2, 0) is 10.2 Å².